The van der Waals surface area contributed by atoms with Gasteiger partial charge in [-0.25, -0.2) is 8.78 Å². The number of piperidine rings is 1. The van der Waals surface area contributed by atoms with Crippen LogP contribution in [-0.4, -0.2) is 40.5 Å². The van der Waals surface area contributed by atoms with Crippen molar-refractivity contribution in [1.82, 2.24) is 14.9 Å². The van der Waals surface area contributed by atoms with Crippen molar-refractivity contribution < 1.29 is 18.3 Å². The lowest BCUT2D eigenvalue weighted by Gasteiger charge is -2.33. The lowest BCUT2D eigenvalue weighted by molar-refractivity contribution is -0.134. The van der Waals surface area contributed by atoms with Crippen LogP contribution in [0.15, 0.2) is 60.9 Å². The highest BCUT2D eigenvalue weighted by Crippen LogP contribution is 2.32. The summed E-state index contributed by atoms with van der Waals surface area (Å²) in [6.45, 7) is 0.960. The van der Waals surface area contributed by atoms with Crippen molar-refractivity contribution in [2.45, 2.75) is 18.8 Å². The zero-order valence-corrected chi connectivity index (χ0v) is 16.3. The van der Waals surface area contributed by atoms with Crippen LogP contribution in [0.1, 0.15) is 24.5 Å². The van der Waals surface area contributed by atoms with E-state index >= 15 is 0 Å². The van der Waals surface area contributed by atoms with Crippen molar-refractivity contribution >= 4 is 5.91 Å². The summed E-state index contributed by atoms with van der Waals surface area (Å²) in [5.74, 6) is -0.468. The fraction of sp³-hybridized carbons (Fsp3) is 0.261. The fourth-order valence-electron chi connectivity index (χ4n) is 3.70. The molecule has 2 aromatic carbocycles. The molecule has 0 bridgehead atoms. The largest absolute Gasteiger partial charge is 0.484 e. The lowest BCUT2D eigenvalue weighted by atomic mass is 9.91. The molecule has 1 amide bonds. The van der Waals surface area contributed by atoms with Crippen molar-refractivity contribution in [3.05, 3.63) is 78.3 Å². The standard InChI is InChI=1S/C23H21F2N3O2/c24-17-7-9-18(10-8-17)30-15-21(29)28-13-3-4-16(14-28)22-23(27-12-11-26-22)19-5-1-2-6-20(19)25/h1-2,5-12,16H,3-4,13-15H2. The summed E-state index contributed by atoms with van der Waals surface area (Å²) in [6, 6.07) is 12.0. The van der Waals surface area contributed by atoms with E-state index in [1.165, 1.54) is 30.3 Å². The second-order valence-electron chi connectivity index (χ2n) is 7.19. The van der Waals surface area contributed by atoms with Crippen molar-refractivity contribution in [3.8, 4) is 17.0 Å². The quantitative estimate of drug-likeness (QED) is 0.634. The van der Waals surface area contributed by atoms with E-state index in [1.807, 2.05) is 0 Å². The summed E-state index contributed by atoms with van der Waals surface area (Å²) < 4.78 is 32.8. The predicted molar refractivity (Wildman–Crippen MR) is 108 cm³/mol. The van der Waals surface area contributed by atoms with Crippen LogP contribution in [-0.2, 0) is 4.79 Å². The van der Waals surface area contributed by atoms with Crippen molar-refractivity contribution in [2.75, 3.05) is 19.7 Å². The maximum atomic E-state index is 14.3. The highest BCUT2D eigenvalue weighted by atomic mass is 19.1. The number of halogens is 2. The predicted octanol–water partition coefficient (Wildman–Crippen LogP) is 4.21. The number of rotatable bonds is 5. The molecule has 4 rings (SSSR count). The van der Waals surface area contributed by atoms with Gasteiger partial charge >= 0.3 is 0 Å². The molecule has 30 heavy (non-hydrogen) atoms. The van der Waals surface area contributed by atoms with Gasteiger partial charge in [-0.15, -0.1) is 0 Å². The summed E-state index contributed by atoms with van der Waals surface area (Å²) in [7, 11) is 0. The first-order valence-electron chi connectivity index (χ1n) is 9.84. The Morgan fingerprint density at radius 3 is 2.63 bits per heavy atom. The molecule has 1 aliphatic rings. The lowest BCUT2D eigenvalue weighted by Crippen LogP contribution is -2.41. The number of ether oxygens (including phenoxy) is 1. The Morgan fingerprint density at radius 1 is 1.07 bits per heavy atom. The first kappa shape index (κ1) is 19.9. The SMILES string of the molecule is O=C(COc1ccc(F)cc1)N1CCCC(c2nccnc2-c2ccccc2F)C1. The topological polar surface area (TPSA) is 55.3 Å². The summed E-state index contributed by atoms with van der Waals surface area (Å²) in [5, 5.41) is 0. The highest BCUT2D eigenvalue weighted by molar-refractivity contribution is 5.78. The van der Waals surface area contributed by atoms with Crippen LogP contribution < -0.4 is 4.74 Å². The van der Waals surface area contributed by atoms with Gasteiger partial charge in [-0.05, 0) is 49.2 Å². The fourth-order valence-corrected chi connectivity index (χ4v) is 3.70. The van der Waals surface area contributed by atoms with E-state index in [2.05, 4.69) is 9.97 Å². The van der Waals surface area contributed by atoms with E-state index in [1.54, 1.807) is 35.5 Å². The van der Waals surface area contributed by atoms with Crippen molar-refractivity contribution in [2.24, 2.45) is 0 Å². The smallest absolute Gasteiger partial charge is 0.260 e. The first-order valence-corrected chi connectivity index (χ1v) is 9.84. The minimum Gasteiger partial charge on any atom is -0.484 e. The number of hydrogen-bond donors (Lipinski definition) is 0. The van der Waals surface area contributed by atoms with Crippen LogP contribution in [0.25, 0.3) is 11.3 Å². The van der Waals surface area contributed by atoms with Gasteiger partial charge in [0.05, 0.1) is 11.4 Å². The molecule has 1 fully saturated rings. The molecular weight excluding hydrogens is 388 g/mol. The van der Waals surface area contributed by atoms with Gasteiger partial charge in [-0.2, -0.15) is 0 Å². The van der Waals surface area contributed by atoms with E-state index in [9.17, 15) is 13.6 Å². The number of carbonyl (C=O) groups is 1. The molecule has 1 atom stereocenters. The number of carbonyl (C=O) groups excluding carboxylic acids is 1. The Balaban J connectivity index is 1.47. The van der Waals surface area contributed by atoms with Gasteiger partial charge in [0.2, 0.25) is 0 Å². The molecule has 7 heteroatoms. The maximum absolute atomic E-state index is 14.3. The Morgan fingerprint density at radius 2 is 1.83 bits per heavy atom. The van der Waals surface area contributed by atoms with E-state index in [-0.39, 0.29) is 30.1 Å². The van der Waals surface area contributed by atoms with E-state index < -0.39 is 0 Å². The molecule has 0 aliphatic carbocycles. The van der Waals surface area contributed by atoms with E-state index in [4.69, 9.17) is 4.74 Å². The van der Waals surface area contributed by atoms with Crippen molar-refractivity contribution in [1.29, 1.82) is 0 Å². The number of aromatic nitrogens is 2. The third-order valence-electron chi connectivity index (χ3n) is 5.19. The van der Waals surface area contributed by atoms with Crippen molar-refractivity contribution in [3.63, 3.8) is 0 Å². The van der Waals surface area contributed by atoms with Crippen LogP contribution in [0.4, 0.5) is 8.78 Å². The van der Waals surface area contributed by atoms with Crippen LogP contribution in [0.3, 0.4) is 0 Å². The van der Waals surface area contributed by atoms with Crippen LogP contribution in [0, 0.1) is 11.6 Å². The molecule has 2 heterocycles. The Bertz CT molecular complexity index is 1030. The van der Waals surface area contributed by atoms with Gasteiger partial charge < -0.3 is 9.64 Å². The molecule has 1 aromatic heterocycles. The van der Waals surface area contributed by atoms with Gasteiger partial charge in [0.1, 0.15) is 17.4 Å². The average Bonchev–Trinajstić information content (AvgIpc) is 2.79. The Kier molecular flexibility index (Phi) is 5.97. The molecule has 0 radical (unpaired) electrons. The first-order chi connectivity index (χ1) is 14.6. The summed E-state index contributed by atoms with van der Waals surface area (Å²) in [5.41, 5.74) is 1.61. The minimum absolute atomic E-state index is 0.0446. The minimum atomic E-state index is -0.359. The van der Waals surface area contributed by atoms with Crippen LogP contribution in [0.5, 0.6) is 5.75 Å². The number of hydrogen-bond acceptors (Lipinski definition) is 4. The van der Waals surface area contributed by atoms with Crippen LogP contribution >= 0.6 is 0 Å². The molecule has 1 unspecified atom stereocenters. The second kappa shape index (κ2) is 8.98. The molecule has 1 saturated heterocycles. The van der Waals surface area contributed by atoms with E-state index in [0.717, 1.165) is 12.8 Å². The molecule has 3 aromatic rings. The summed E-state index contributed by atoms with van der Waals surface area (Å²) >= 11 is 0. The van der Waals surface area contributed by atoms with Gasteiger partial charge in [0, 0.05) is 37.0 Å². The Labute approximate surface area is 173 Å². The Hall–Kier alpha value is -3.35. The molecule has 5 nitrogen and oxygen atoms in total. The molecule has 0 saturated carbocycles. The molecule has 0 N–H and O–H groups in total. The third kappa shape index (κ3) is 4.45. The van der Waals surface area contributed by atoms with E-state index in [0.29, 0.717) is 35.8 Å². The zero-order chi connectivity index (χ0) is 20.9. The number of likely N-dealkylation sites (tertiary alicyclic amines) is 1. The van der Waals surface area contributed by atoms with Gasteiger partial charge in [-0.3, -0.25) is 14.8 Å². The average molecular weight is 409 g/mol. The molecule has 154 valence electrons. The maximum Gasteiger partial charge on any atom is 0.260 e. The third-order valence-corrected chi connectivity index (χ3v) is 5.19. The normalized spacial score (nSPS) is 16.3. The number of amides is 1. The van der Waals surface area contributed by atoms with Crippen LogP contribution in [0.2, 0.25) is 0 Å². The number of nitrogens with zero attached hydrogens (tertiary/aromatic N) is 3. The molecular formula is C23H21F2N3O2. The number of benzene rings is 2. The summed E-state index contributed by atoms with van der Waals surface area (Å²) in [6.07, 6.45) is 4.79. The molecule has 0 spiro atoms. The van der Waals surface area contributed by atoms with Gasteiger partial charge in [0.15, 0.2) is 6.61 Å². The van der Waals surface area contributed by atoms with Gasteiger partial charge in [0.25, 0.3) is 5.91 Å². The second-order valence-corrected chi connectivity index (χ2v) is 7.19. The zero-order valence-electron chi connectivity index (χ0n) is 16.3. The monoisotopic (exact) mass is 409 g/mol. The summed E-state index contributed by atoms with van der Waals surface area (Å²) in [4.78, 5) is 23.2. The molecule has 1 aliphatic heterocycles. The highest BCUT2D eigenvalue weighted by Gasteiger charge is 2.28. The van der Waals surface area contributed by atoms with Gasteiger partial charge in [-0.1, -0.05) is 12.1 Å².